The SMILES string of the molecule is Cc1ccc(CNCCCC2CCCC2)cc1Cl. The first-order valence-corrected chi connectivity index (χ1v) is 7.59. The first-order chi connectivity index (χ1) is 8.75. The lowest BCUT2D eigenvalue weighted by Gasteiger charge is -2.09. The minimum atomic E-state index is 0.875. The molecule has 0 radical (unpaired) electrons. The lowest BCUT2D eigenvalue weighted by atomic mass is 10.0. The van der Waals surface area contributed by atoms with Crippen molar-refractivity contribution in [2.75, 3.05) is 6.54 Å². The van der Waals surface area contributed by atoms with Gasteiger partial charge in [-0.3, -0.25) is 0 Å². The third kappa shape index (κ3) is 4.29. The molecule has 0 saturated heterocycles. The van der Waals surface area contributed by atoms with Crippen LogP contribution >= 0.6 is 11.6 Å². The summed E-state index contributed by atoms with van der Waals surface area (Å²) < 4.78 is 0. The number of hydrogen-bond donors (Lipinski definition) is 1. The van der Waals surface area contributed by atoms with Crippen LogP contribution in [0.2, 0.25) is 5.02 Å². The number of hydrogen-bond acceptors (Lipinski definition) is 1. The van der Waals surface area contributed by atoms with Crippen molar-refractivity contribution in [3.8, 4) is 0 Å². The fraction of sp³-hybridized carbons (Fsp3) is 0.625. The summed E-state index contributed by atoms with van der Waals surface area (Å²) >= 11 is 6.11. The Morgan fingerprint density at radius 1 is 1.28 bits per heavy atom. The van der Waals surface area contributed by atoms with Crippen molar-refractivity contribution in [3.05, 3.63) is 34.3 Å². The molecular weight excluding hydrogens is 242 g/mol. The molecule has 18 heavy (non-hydrogen) atoms. The van der Waals surface area contributed by atoms with E-state index in [2.05, 4.69) is 23.5 Å². The Hall–Kier alpha value is -0.530. The van der Waals surface area contributed by atoms with Gasteiger partial charge in [0.15, 0.2) is 0 Å². The summed E-state index contributed by atoms with van der Waals surface area (Å²) in [5, 5.41) is 4.39. The Morgan fingerprint density at radius 2 is 2.06 bits per heavy atom. The van der Waals surface area contributed by atoms with Crippen LogP contribution in [0.15, 0.2) is 18.2 Å². The summed E-state index contributed by atoms with van der Waals surface area (Å²) in [4.78, 5) is 0. The third-order valence-corrected chi connectivity index (χ3v) is 4.41. The van der Waals surface area contributed by atoms with Crippen molar-refractivity contribution >= 4 is 11.6 Å². The maximum Gasteiger partial charge on any atom is 0.0438 e. The van der Waals surface area contributed by atoms with E-state index < -0.39 is 0 Å². The predicted octanol–water partition coefficient (Wildman–Crippen LogP) is 4.71. The molecular formula is C16H24ClN. The molecule has 0 unspecified atom stereocenters. The Labute approximate surface area is 116 Å². The summed E-state index contributed by atoms with van der Waals surface area (Å²) in [6, 6.07) is 6.32. The molecule has 0 bridgehead atoms. The predicted molar refractivity (Wildman–Crippen MR) is 79.1 cm³/mol. The van der Waals surface area contributed by atoms with E-state index in [9.17, 15) is 0 Å². The van der Waals surface area contributed by atoms with Crippen LogP contribution in [-0.4, -0.2) is 6.54 Å². The molecule has 0 amide bonds. The quantitative estimate of drug-likeness (QED) is 0.735. The summed E-state index contributed by atoms with van der Waals surface area (Å²) in [7, 11) is 0. The highest BCUT2D eigenvalue weighted by Crippen LogP contribution is 2.28. The van der Waals surface area contributed by atoms with Gasteiger partial charge in [-0.2, -0.15) is 0 Å². The maximum atomic E-state index is 6.11. The van der Waals surface area contributed by atoms with Crippen molar-refractivity contribution < 1.29 is 0 Å². The molecule has 1 nitrogen and oxygen atoms in total. The number of aryl methyl sites for hydroxylation is 1. The first-order valence-electron chi connectivity index (χ1n) is 7.21. The Kier molecular flexibility index (Phi) is 5.52. The minimum Gasteiger partial charge on any atom is -0.313 e. The third-order valence-electron chi connectivity index (χ3n) is 4.01. The van der Waals surface area contributed by atoms with Crippen LogP contribution in [0.25, 0.3) is 0 Å². The topological polar surface area (TPSA) is 12.0 Å². The standard InChI is InChI=1S/C16H24ClN/c1-13-8-9-15(11-16(13)17)12-18-10-4-7-14-5-2-3-6-14/h8-9,11,14,18H,2-7,10,12H2,1H3. The number of rotatable bonds is 6. The highest BCUT2D eigenvalue weighted by molar-refractivity contribution is 6.31. The van der Waals surface area contributed by atoms with Crippen molar-refractivity contribution in [1.82, 2.24) is 5.32 Å². The second-order valence-corrected chi connectivity index (χ2v) is 5.96. The van der Waals surface area contributed by atoms with Crippen LogP contribution in [0.4, 0.5) is 0 Å². The van der Waals surface area contributed by atoms with E-state index in [1.807, 2.05) is 6.92 Å². The van der Waals surface area contributed by atoms with Gasteiger partial charge in [0.2, 0.25) is 0 Å². The molecule has 0 atom stereocenters. The normalized spacial score (nSPS) is 16.3. The van der Waals surface area contributed by atoms with Gasteiger partial charge in [0.1, 0.15) is 0 Å². The van der Waals surface area contributed by atoms with Gasteiger partial charge in [0.25, 0.3) is 0 Å². The average molecular weight is 266 g/mol. The molecule has 1 fully saturated rings. The van der Waals surface area contributed by atoms with E-state index in [0.717, 1.165) is 29.6 Å². The van der Waals surface area contributed by atoms with E-state index >= 15 is 0 Å². The second-order valence-electron chi connectivity index (χ2n) is 5.55. The van der Waals surface area contributed by atoms with Gasteiger partial charge in [-0.05, 0) is 49.4 Å². The summed E-state index contributed by atoms with van der Waals surface area (Å²) in [5.74, 6) is 1.01. The van der Waals surface area contributed by atoms with Gasteiger partial charge < -0.3 is 5.32 Å². The lowest BCUT2D eigenvalue weighted by molar-refractivity contribution is 0.470. The van der Waals surface area contributed by atoms with Crippen molar-refractivity contribution in [2.45, 2.75) is 52.0 Å². The van der Waals surface area contributed by atoms with E-state index in [1.54, 1.807) is 0 Å². The molecule has 0 spiro atoms. The number of benzene rings is 1. The number of nitrogens with one attached hydrogen (secondary N) is 1. The minimum absolute atomic E-state index is 0.875. The molecule has 0 aliphatic heterocycles. The van der Waals surface area contributed by atoms with E-state index in [4.69, 9.17) is 11.6 Å². The molecule has 2 rings (SSSR count). The van der Waals surface area contributed by atoms with Crippen LogP contribution < -0.4 is 5.32 Å². The zero-order valence-corrected chi connectivity index (χ0v) is 12.1. The smallest absolute Gasteiger partial charge is 0.0438 e. The van der Waals surface area contributed by atoms with Gasteiger partial charge in [-0.15, -0.1) is 0 Å². The highest BCUT2D eigenvalue weighted by atomic mass is 35.5. The fourth-order valence-corrected chi connectivity index (χ4v) is 3.00. The molecule has 2 heteroatoms. The van der Waals surface area contributed by atoms with Gasteiger partial charge in [0.05, 0.1) is 0 Å². The first kappa shape index (κ1) is 13.9. The molecule has 0 heterocycles. The van der Waals surface area contributed by atoms with Crippen LogP contribution in [0.5, 0.6) is 0 Å². The van der Waals surface area contributed by atoms with Crippen LogP contribution in [0, 0.1) is 12.8 Å². The molecule has 1 aromatic rings. The molecule has 1 aliphatic carbocycles. The largest absolute Gasteiger partial charge is 0.313 e. The second kappa shape index (κ2) is 7.16. The molecule has 1 N–H and O–H groups in total. The summed E-state index contributed by atoms with van der Waals surface area (Å²) in [6.45, 7) is 4.10. The van der Waals surface area contributed by atoms with Crippen LogP contribution in [0.1, 0.15) is 49.7 Å². The molecule has 1 aromatic carbocycles. The average Bonchev–Trinajstić information content (AvgIpc) is 2.86. The highest BCUT2D eigenvalue weighted by Gasteiger charge is 2.13. The van der Waals surface area contributed by atoms with Crippen molar-refractivity contribution in [1.29, 1.82) is 0 Å². The van der Waals surface area contributed by atoms with Crippen molar-refractivity contribution in [2.24, 2.45) is 5.92 Å². The molecule has 1 aliphatic rings. The van der Waals surface area contributed by atoms with E-state index in [-0.39, 0.29) is 0 Å². The Bertz CT molecular complexity index is 369. The van der Waals surface area contributed by atoms with E-state index in [1.165, 1.54) is 44.1 Å². The van der Waals surface area contributed by atoms with Crippen LogP contribution in [-0.2, 0) is 6.54 Å². The summed E-state index contributed by atoms with van der Waals surface area (Å²) in [6.07, 6.45) is 8.56. The maximum absolute atomic E-state index is 6.11. The fourth-order valence-electron chi connectivity index (χ4n) is 2.79. The van der Waals surface area contributed by atoms with Gasteiger partial charge >= 0.3 is 0 Å². The molecule has 1 saturated carbocycles. The Morgan fingerprint density at radius 3 is 2.78 bits per heavy atom. The zero-order chi connectivity index (χ0) is 12.8. The van der Waals surface area contributed by atoms with E-state index in [0.29, 0.717) is 0 Å². The number of halogens is 1. The molecule has 0 aromatic heterocycles. The van der Waals surface area contributed by atoms with Crippen molar-refractivity contribution in [3.63, 3.8) is 0 Å². The van der Waals surface area contributed by atoms with Crippen LogP contribution in [0.3, 0.4) is 0 Å². The van der Waals surface area contributed by atoms with Gasteiger partial charge in [-0.1, -0.05) is 49.4 Å². The Balaban J connectivity index is 1.61. The monoisotopic (exact) mass is 265 g/mol. The zero-order valence-electron chi connectivity index (χ0n) is 11.3. The summed E-state index contributed by atoms with van der Waals surface area (Å²) in [5.41, 5.74) is 2.44. The van der Waals surface area contributed by atoms with Gasteiger partial charge in [-0.25, -0.2) is 0 Å². The van der Waals surface area contributed by atoms with Gasteiger partial charge in [0, 0.05) is 11.6 Å². The molecule has 100 valence electrons. The lowest BCUT2D eigenvalue weighted by Crippen LogP contribution is -2.15.